The Kier molecular flexibility index (Phi) is 3.35. The zero-order valence-electron chi connectivity index (χ0n) is 9.43. The standard InChI is InChI=1S/C10H16ClN3O2/c1-6-5-14(4-3-8(6)15)10-13-12-9(16-10)7(2)11/h6-8,15H,3-5H2,1-2H3. The zero-order valence-corrected chi connectivity index (χ0v) is 10.2. The van der Waals surface area contributed by atoms with E-state index in [2.05, 4.69) is 10.2 Å². The van der Waals surface area contributed by atoms with Crippen LogP contribution in [0, 0.1) is 5.92 Å². The summed E-state index contributed by atoms with van der Waals surface area (Å²) < 4.78 is 5.46. The summed E-state index contributed by atoms with van der Waals surface area (Å²) in [7, 11) is 0. The number of aromatic nitrogens is 2. The fourth-order valence-electron chi connectivity index (χ4n) is 1.82. The van der Waals surface area contributed by atoms with E-state index in [1.807, 2.05) is 11.8 Å². The van der Waals surface area contributed by atoms with Crippen molar-refractivity contribution in [2.24, 2.45) is 5.92 Å². The highest BCUT2D eigenvalue weighted by molar-refractivity contribution is 6.20. The molecule has 1 saturated heterocycles. The lowest BCUT2D eigenvalue weighted by Crippen LogP contribution is -2.42. The number of hydrogen-bond donors (Lipinski definition) is 1. The van der Waals surface area contributed by atoms with E-state index in [-0.39, 0.29) is 17.4 Å². The molecule has 0 saturated carbocycles. The highest BCUT2D eigenvalue weighted by Gasteiger charge is 2.27. The summed E-state index contributed by atoms with van der Waals surface area (Å²) in [5, 5.41) is 17.2. The van der Waals surface area contributed by atoms with Gasteiger partial charge in [0.1, 0.15) is 5.38 Å². The van der Waals surface area contributed by atoms with Crippen molar-refractivity contribution in [2.75, 3.05) is 18.0 Å². The molecule has 0 aliphatic carbocycles. The maximum Gasteiger partial charge on any atom is 0.318 e. The Bertz CT molecular complexity index is 356. The van der Waals surface area contributed by atoms with Crippen molar-refractivity contribution < 1.29 is 9.52 Å². The molecule has 16 heavy (non-hydrogen) atoms. The summed E-state index contributed by atoms with van der Waals surface area (Å²) in [5.41, 5.74) is 0. The van der Waals surface area contributed by atoms with Crippen LogP contribution < -0.4 is 4.90 Å². The second kappa shape index (κ2) is 4.59. The van der Waals surface area contributed by atoms with Gasteiger partial charge in [0.15, 0.2) is 0 Å². The third kappa shape index (κ3) is 2.30. The van der Waals surface area contributed by atoms with E-state index in [1.54, 1.807) is 6.92 Å². The number of nitrogens with zero attached hydrogens (tertiary/aromatic N) is 3. The molecule has 0 aromatic carbocycles. The van der Waals surface area contributed by atoms with E-state index in [1.165, 1.54) is 0 Å². The molecule has 2 heterocycles. The predicted octanol–water partition coefficient (Wildman–Crippen LogP) is 1.58. The Labute approximate surface area is 99.4 Å². The van der Waals surface area contributed by atoms with Crippen molar-refractivity contribution in [3.8, 4) is 0 Å². The molecule has 1 N–H and O–H groups in total. The van der Waals surface area contributed by atoms with Gasteiger partial charge in [-0.25, -0.2) is 0 Å². The van der Waals surface area contributed by atoms with Gasteiger partial charge < -0.3 is 14.4 Å². The molecule has 1 aromatic rings. The number of halogens is 1. The first-order valence-electron chi connectivity index (χ1n) is 5.48. The SMILES string of the molecule is CC(Cl)c1nnc(N2CCC(O)C(C)C2)o1. The van der Waals surface area contributed by atoms with Gasteiger partial charge in [0.2, 0.25) is 5.89 Å². The first-order valence-corrected chi connectivity index (χ1v) is 5.92. The van der Waals surface area contributed by atoms with Crippen LogP contribution >= 0.6 is 11.6 Å². The molecule has 0 spiro atoms. The molecule has 1 aliphatic rings. The van der Waals surface area contributed by atoms with E-state index >= 15 is 0 Å². The van der Waals surface area contributed by atoms with Crippen LogP contribution in [-0.4, -0.2) is 34.5 Å². The van der Waals surface area contributed by atoms with Gasteiger partial charge in [0.25, 0.3) is 0 Å². The minimum Gasteiger partial charge on any atom is -0.406 e. The normalized spacial score (nSPS) is 28.1. The number of hydrogen-bond acceptors (Lipinski definition) is 5. The minimum atomic E-state index is -0.269. The van der Waals surface area contributed by atoms with E-state index in [9.17, 15) is 5.11 Å². The Morgan fingerprint density at radius 1 is 1.56 bits per heavy atom. The molecule has 1 aromatic heterocycles. The summed E-state index contributed by atoms with van der Waals surface area (Å²) in [5.74, 6) is 0.660. The molecule has 2 rings (SSSR count). The molecule has 1 fully saturated rings. The highest BCUT2D eigenvalue weighted by atomic mass is 35.5. The predicted molar refractivity (Wildman–Crippen MR) is 60.6 cm³/mol. The van der Waals surface area contributed by atoms with Crippen molar-refractivity contribution in [2.45, 2.75) is 31.7 Å². The molecule has 0 amide bonds. The van der Waals surface area contributed by atoms with Crippen LogP contribution in [0.2, 0.25) is 0 Å². The maximum atomic E-state index is 9.62. The van der Waals surface area contributed by atoms with Crippen LogP contribution in [0.3, 0.4) is 0 Å². The lowest BCUT2D eigenvalue weighted by atomic mass is 9.97. The van der Waals surface area contributed by atoms with Crippen LogP contribution in [0.1, 0.15) is 31.5 Å². The van der Waals surface area contributed by atoms with Crippen molar-refractivity contribution in [1.82, 2.24) is 10.2 Å². The Morgan fingerprint density at radius 3 is 2.88 bits per heavy atom. The summed E-state index contributed by atoms with van der Waals surface area (Å²) >= 11 is 5.85. The molecule has 1 aliphatic heterocycles. The van der Waals surface area contributed by atoms with Gasteiger partial charge in [0.05, 0.1) is 6.10 Å². The van der Waals surface area contributed by atoms with Crippen LogP contribution in [0.15, 0.2) is 4.42 Å². The average molecular weight is 246 g/mol. The molecular weight excluding hydrogens is 230 g/mol. The second-order valence-electron chi connectivity index (χ2n) is 4.32. The monoisotopic (exact) mass is 245 g/mol. The van der Waals surface area contributed by atoms with Crippen LogP contribution in [0.25, 0.3) is 0 Å². The van der Waals surface area contributed by atoms with Gasteiger partial charge in [-0.1, -0.05) is 12.0 Å². The van der Waals surface area contributed by atoms with Crippen molar-refractivity contribution in [3.63, 3.8) is 0 Å². The molecule has 3 atom stereocenters. The maximum absolute atomic E-state index is 9.62. The fraction of sp³-hybridized carbons (Fsp3) is 0.800. The minimum absolute atomic E-state index is 0.220. The van der Waals surface area contributed by atoms with Crippen LogP contribution in [0.5, 0.6) is 0 Å². The van der Waals surface area contributed by atoms with E-state index in [0.717, 1.165) is 19.5 Å². The van der Waals surface area contributed by atoms with Crippen molar-refractivity contribution in [1.29, 1.82) is 0 Å². The van der Waals surface area contributed by atoms with E-state index in [0.29, 0.717) is 11.9 Å². The lowest BCUT2D eigenvalue weighted by molar-refractivity contribution is 0.0956. The Balaban J connectivity index is 2.07. The molecule has 6 heteroatoms. The third-order valence-electron chi connectivity index (χ3n) is 2.90. The van der Waals surface area contributed by atoms with Crippen LogP contribution in [0.4, 0.5) is 6.01 Å². The van der Waals surface area contributed by atoms with Gasteiger partial charge in [0, 0.05) is 13.1 Å². The first kappa shape index (κ1) is 11.7. The summed E-state index contributed by atoms with van der Waals surface area (Å²) in [4.78, 5) is 1.99. The number of anilines is 1. The summed E-state index contributed by atoms with van der Waals surface area (Å²) in [6, 6.07) is 0.501. The summed E-state index contributed by atoms with van der Waals surface area (Å²) in [6.07, 6.45) is 0.501. The van der Waals surface area contributed by atoms with E-state index < -0.39 is 0 Å². The molecule has 90 valence electrons. The van der Waals surface area contributed by atoms with Gasteiger partial charge in [-0.05, 0) is 19.3 Å². The third-order valence-corrected chi connectivity index (χ3v) is 3.09. The van der Waals surface area contributed by atoms with Gasteiger partial charge in [-0.3, -0.25) is 0 Å². The van der Waals surface area contributed by atoms with Crippen molar-refractivity contribution >= 4 is 17.6 Å². The van der Waals surface area contributed by atoms with Gasteiger partial charge in [-0.15, -0.1) is 16.7 Å². The van der Waals surface area contributed by atoms with Crippen molar-refractivity contribution in [3.05, 3.63) is 5.89 Å². The smallest absolute Gasteiger partial charge is 0.318 e. The largest absolute Gasteiger partial charge is 0.406 e. The Hall–Kier alpha value is -0.810. The van der Waals surface area contributed by atoms with Gasteiger partial charge in [-0.2, -0.15) is 0 Å². The number of aliphatic hydroxyl groups is 1. The molecule has 0 radical (unpaired) electrons. The number of rotatable bonds is 2. The zero-order chi connectivity index (χ0) is 11.7. The number of aliphatic hydroxyl groups excluding tert-OH is 1. The molecule has 3 unspecified atom stereocenters. The molecule has 0 bridgehead atoms. The highest BCUT2D eigenvalue weighted by Crippen LogP contribution is 2.25. The van der Waals surface area contributed by atoms with E-state index in [4.69, 9.17) is 16.0 Å². The quantitative estimate of drug-likeness (QED) is 0.802. The lowest BCUT2D eigenvalue weighted by Gasteiger charge is -2.32. The van der Waals surface area contributed by atoms with Crippen LogP contribution in [-0.2, 0) is 0 Å². The van der Waals surface area contributed by atoms with Gasteiger partial charge >= 0.3 is 6.01 Å². The Morgan fingerprint density at radius 2 is 2.31 bits per heavy atom. The fourth-order valence-corrected chi connectivity index (χ4v) is 1.91. The summed E-state index contributed by atoms with van der Waals surface area (Å²) in [6.45, 7) is 5.28. The molecule has 5 nitrogen and oxygen atoms in total. The number of alkyl halides is 1. The molecular formula is C10H16ClN3O2. The number of piperidine rings is 1. The first-order chi connectivity index (χ1) is 7.58. The average Bonchev–Trinajstić information content (AvgIpc) is 2.71. The topological polar surface area (TPSA) is 62.4 Å². The second-order valence-corrected chi connectivity index (χ2v) is 4.97.